The van der Waals surface area contributed by atoms with Crippen molar-refractivity contribution in [2.24, 2.45) is 0 Å². The molecule has 1 spiro atoms. The first kappa shape index (κ1) is 26.8. The maximum Gasteiger partial charge on any atom is 0.430 e. The Bertz CT molecular complexity index is 1160. The number of likely N-dealkylation sites (tertiary alicyclic amines) is 1. The van der Waals surface area contributed by atoms with Gasteiger partial charge in [-0.2, -0.15) is 13.2 Å². The number of methoxy groups -OCH3 is 2. The molecule has 0 radical (unpaired) electrons. The smallest absolute Gasteiger partial charge is 0.430 e. The van der Waals surface area contributed by atoms with Crippen molar-refractivity contribution in [3.63, 3.8) is 0 Å². The molecule has 2 saturated heterocycles. The summed E-state index contributed by atoms with van der Waals surface area (Å²) in [5, 5.41) is 2.71. The highest BCUT2D eigenvalue weighted by atomic mass is 19.4. The minimum absolute atomic E-state index is 0.0379. The van der Waals surface area contributed by atoms with Crippen molar-refractivity contribution in [1.29, 1.82) is 0 Å². The number of carbonyl (C=O) groups is 2. The zero-order valence-electron chi connectivity index (χ0n) is 21.3. The number of nitrogens with zero attached hydrogens (tertiary/aromatic N) is 1. The number of nitrogens with one attached hydrogen (secondary N) is 1. The predicted molar refractivity (Wildman–Crippen MR) is 129 cm³/mol. The fraction of sp³-hybridized carbons (Fsp3) is 0.481. The van der Waals surface area contributed by atoms with Crippen molar-refractivity contribution in [1.82, 2.24) is 10.2 Å². The second-order valence-electron chi connectivity index (χ2n) is 9.68. The van der Waals surface area contributed by atoms with Crippen LogP contribution < -0.4 is 10.1 Å². The van der Waals surface area contributed by atoms with E-state index in [-0.39, 0.29) is 44.0 Å². The lowest BCUT2D eigenvalue weighted by Crippen LogP contribution is -2.62. The van der Waals surface area contributed by atoms with E-state index in [2.05, 4.69) is 5.32 Å². The number of amides is 2. The van der Waals surface area contributed by atoms with Gasteiger partial charge >= 0.3 is 12.3 Å². The Labute approximate surface area is 213 Å². The Morgan fingerprint density at radius 2 is 1.70 bits per heavy atom. The molecule has 10 heteroatoms. The molecule has 200 valence electrons. The van der Waals surface area contributed by atoms with Crippen LogP contribution >= 0.6 is 0 Å². The van der Waals surface area contributed by atoms with Crippen molar-refractivity contribution in [3.8, 4) is 5.75 Å². The second kappa shape index (κ2) is 9.89. The Morgan fingerprint density at radius 1 is 1.08 bits per heavy atom. The molecule has 0 bridgehead atoms. The molecule has 2 aliphatic heterocycles. The SMILES string of the molecule is COc1ccccc1C1CNC(=O)OC12CCN(C(=O)[C@](OC)(c1cc(C)cc(C)c1)C(F)(F)F)CC2. The third-order valence-electron chi connectivity index (χ3n) is 7.43. The van der Waals surface area contributed by atoms with E-state index in [0.29, 0.717) is 16.9 Å². The molecule has 2 aromatic rings. The number of alkyl halides is 3. The Morgan fingerprint density at radius 3 is 2.27 bits per heavy atom. The van der Waals surface area contributed by atoms with E-state index in [0.717, 1.165) is 17.6 Å². The minimum atomic E-state index is -5.00. The topological polar surface area (TPSA) is 77.1 Å². The summed E-state index contributed by atoms with van der Waals surface area (Å²) in [4.78, 5) is 27.1. The third-order valence-corrected chi connectivity index (χ3v) is 7.43. The van der Waals surface area contributed by atoms with Crippen LogP contribution in [-0.2, 0) is 19.9 Å². The van der Waals surface area contributed by atoms with Crippen LogP contribution in [0.2, 0.25) is 0 Å². The van der Waals surface area contributed by atoms with Crippen LogP contribution in [0.4, 0.5) is 18.0 Å². The Balaban J connectivity index is 1.66. The number of rotatable bonds is 5. The number of halogens is 3. The number of hydrogen-bond acceptors (Lipinski definition) is 5. The van der Waals surface area contributed by atoms with Gasteiger partial charge < -0.3 is 24.4 Å². The molecule has 2 aromatic carbocycles. The molecule has 2 atom stereocenters. The van der Waals surface area contributed by atoms with E-state index < -0.39 is 29.4 Å². The zero-order valence-corrected chi connectivity index (χ0v) is 21.3. The molecule has 2 aliphatic rings. The highest BCUT2D eigenvalue weighted by Crippen LogP contribution is 2.47. The van der Waals surface area contributed by atoms with E-state index in [1.54, 1.807) is 33.1 Å². The van der Waals surface area contributed by atoms with Crippen molar-refractivity contribution in [3.05, 3.63) is 64.7 Å². The Hall–Kier alpha value is -3.27. The predicted octanol–water partition coefficient (Wildman–Crippen LogP) is 4.60. The lowest BCUT2D eigenvalue weighted by atomic mass is 9.74. The third kappa shape index (κ3) is 4.63. The maximum absolute atomic E-state index is 14.6. The van der Waals surface area contributed by atoms with E-state index in [9.17, 15) is 22.8 Å². The fourth-order valence-electron chi connectivity index (χ4n) is 5.68. The van der Waals surface area contributed by atoms with Gasteiger partial charge in [-0.05, 0) is 19.9 Å². The lowest BCUT2D eigenvalue weighted by Gasteiger charge is -2.49. The van der Waals surface area contributed by atoms with Crippen LogP contribution in [0.3, 0.4) is 0 Å². The number of ether oxygens (including phenoxy) is 3. The lowest BCUT2D eigenvalue weighted by molar-refractivity contribution is -0.271. The van der Waals surface area contributed by atoms with E-state index in [1.807, 2.05) is 18.2 Å². The summed E-state index contributed by atoms with van der Waals surface area (Å²) in [5.41, 5.74) is -2.41. The first-order chi connectivity index (χ1) is 17.5. The van der Waals surface area contributed by atoms with Crippen molar-refractivity contribution in [2.75, 3.05) is 33.9 Å². The van der Waals surface area contributed by atoms with Crippen LogP contribution in [0.5, 0.6) is 5.75 Å². The molecule has 1 unspecified atom stereocenters. The monoisotopic (exact) mass is 520 g/mol. The number of para-hydroxylation sites is 1. The van der Waals surface area contributed by atoms with Gasteiger partial charge in [-0.1, -0.05) is 47.5 Å². The van der Waals surface area contributed by atoms with Gasteiger partial charge in [0.25, 0.3) is 11.5 Å². The molecular formula is C27H31F3N2O5. The van der Waals surface area contributed by atoms with E-state index in [1.165, 1.54) is 12.1 Å². The van der Waals surface area contributed by atoms with Crippen LogP contribution in [0.15, 0.2) is 42.5 Å². The fourth-order valence-corrected chi connectivity index (χ4v) is 5.68. The quantitative estimate of drug-likeness (QED) is 0.624. The first-order valence-corrected chi connectivity index (χ1v) is 12.1. The van der Waals surface area contributed by atoms with Crippen LogP contribution in [0, 0.1) is 13.8 Å². The summed E-state index contributed by atoms with van der Waals surface area (Å²) >= 11 is 0. The van der Waals surface area contributed by atoms with Gasteiger partial charge in [0.2, 0.25) is 0 Å². The molecule has 1 N–H and O–H groups in total. The summed E-state index contributed by atoms with van der Waals surface area (Å²) in [6.07, 6.45) is -5.27. The van der Waals surface area contributed by atoms with Crippen molar-refractivity contribution in [2.45, 2.75) is 50.0 Å². The van der Waals surface area contributed by atoms with Gasteiger partial charge in [0.1, 0.15) is 11.4 Å². The number of alkyl carbamates (subject to hydrolysis) is 1. The number of benzene rings is 2. The standard InChI is InChI=1S/C27H31F3N2O5/c1-17-13-18(2)15-19(14-17)26(36-4,27(28,29)30)23(33)32-11-9-25(10-12-32)21(16-31-24(34)37-25)20-7-5-6-8-22(20)35-3/h5-8,13-15,21H,9-12,16H2,1-4H3,(H,31,34)/t21?,26-/m1/s1. The average Bonchev–Trinajstić information content (AvgIpc) is 2.84. The molecule has 0 aliphatic carbocycles. The van der Waals surface area contributed by atoms with E-state index >= 15 is 0 Å². The Kier molecular flexibility index (Phi) is 7.16. The molecule has 0 saturated carbocycles. The number of aryl methyl sites for hydroxylation is 2. The van der Waals surface area contributed by atoms with Gasteiger partial charge in [0.05, 0.1) is 7.11 Å². The second-order valence-corrected chi connectivity index (χ2v) is 9.68. The molecular weight excluding hydrogens is 489 g/mol. The summed E-state index contributed by atoms with van der Waals surface area (Å²) in [7, 11) is 2.45. The largest absolute Gasteiger partial charge is 0.496 e. The molecule has 4 rings (SSSR count). The number of hydrogen-bond donors (Lipinski definition) is 1. The summed E-state index contributed by atoms with van der Waals surface area (Å²) in [5.74, 6) is -0.875. The first-order valence-electron chi connectivity index (χ1n) is 12.1. The highest BCUT2D eigenvalue weighted by Gasteiger charge is 2.64. The minimum Gasteiger partial charge on any atom is -0.496 e. The number of carbonyl (C=O) groups excluding carboxylic acids is 2. The van der Waals surface area contributed by atoms with Crippen LogP contribution in [-0.4, -0.2) is 62.5 Å². The molecule has 37 heavy (non-hydrogen) atoms. The highest BCUT2D eigenvalue weighted by molar-refractivity contribution is 5.88. The summed E-state index contributed by atoms with van der Waals surface area (Å²) in [6, 6.07) is 11.8. The van der Waals surface area contributed by atoms with Gasteiger partial charge in [-0.25, -0.2) is 4.79 Å². The molecule has 2 heterocycles. The molecule has 2 amide bonds. The van der Waals surface area contributed by atoms with Crippen LogP contribution in [0.1, 0.15) is 41.0 Å². The van der Waals surface area contributed by atoms with Crippen molar-refractivity contribution >= 4 is 12.0 Å². The molecule has 2 fully saturated rings. The van der Waals surface area contributed by atoms with Gasteiger partial charge in [0.15, 0.2) is 0 Å². The van der Waals surface area contributed by atoms with Gasteiger partial charge in [-0.15, -0.1) is 0 Å². The van der Waals surface area contributed by atoms with Crippen molar-refractivity contribution < 1.29 is 37.0 Å². The van der Waals surface area contributed by atoms with Crippen LogP contribution in [0.25, 0.3) is 0 Å². The zero-order chi connectivity index (χ0) is 27.0. The molecule has 0 aromatic heterocycles. The molecule has 7 nitrogen and oxygen atoms in total. The normalized spacial score (nSPS) is 21.1. The summed E-state index contributed by atoms with van der Waals surface area (Å²) in [6.45, 7) is 3.55. The summed E-state index contributed by atoms with van der Waals surface area (Å²) < 4.78 is 60.3. The van der Waals surface area contributed by atoms with Gasteiger partial charge in [-0.3, -0.25) is 4.79 Å². The van der Waals surface area contributed by atoms with Gasteiger partial charge in [0, 0.05) is 56.6 Å². The average molecular weight is 521 g/mol. The van der Waals surface area contributed by atoms with E-state index in [4.69, 9.17) is 14.2 Å². The number of piperidine rings is 1. The maximum atomic E-state index is 14.6.